The van der Waals surface area contributed by atoms with Crippen LogP contribution in [-0.2, 0) is 5.41 Å². The highest BCUT2D eigenvalue weighted by molar-refractivity contribution is 7.99. The average molecular weight is 439 g/mol. The number of aryl methyl sites for hydroxylation is 4. The predicted octanol–water partition coefficient (Wildman–Crippen LogP) is 9.08. The lowest BCUT2D eigenvalue weighted by molar-refractivity contribution is 0.640. The topological polar surface area (TPSA) is 0 Å². The van der Waals surface area contributed by atoms with Crippen molar-refractivity contribution in [2.75, 3.05) is 0 Å². The molecule has 4 rings (SSSR count). The molecule has 4 aromatic carbocycles. The van der Waals surface area contributed by atoms with Crippen molar-refractivity contribution in [2.45, 2.75) is 56.7 Å². The van der Waals surface area contributed by atoms with E-state index >= 15 is 0 Å². The number of hydrogen-bond acceptors (Lipinski definition) is 1. The van der Waals surface area contributed by atoms with E-state index in [1.807, 2.05) is 0 Å². The first-order valence-electron chi connectivity index (χ1n) is 11.2. The molecular weight excluding hydrogens is 404 g/mol. The van der Waals surface area contributed by atoms with Gasteiger partial charge in [-0.2, -0.15) is 0 Å². The van der Waals surface area contributed by atoms with Crippen molar-refractivity contribution in [1.29, 1.82) is 0 Å². The van der Waals surface area contributed by atoms with Crippen LogP contribution >= 0.6 is 11.8 Å². The van der Waals surface area contributed by atoms with Crippen LogP contribution in [0.15, 0.2) is 107 Å². The SMILES string of the molecule is Cc1ccc(C(C)(C)c2ccc(C)cc2)cc1.Cc1ccc(Sc2ccc(C)cc2)cc1. The normalized spacial score (nSPS) is 10.9. The third-order valence-electron chi connectivity index (χ3n) is 5.82. The molecular formula is C31H34S. The highest BCUT2D eigenvalue weighted by atomic mass is 32.2. The quantitative estimate of drug-likeness (QED) is 0.306. The summed E-state index contributed by atoms with van der Waals surface area (Å²) in [6.45, 7) is 13.0. The Hall–Kier alpha value is -2.77. The summed E-state index contributed by atoms with van der Waals surface area (Å²) in [6.07, 6.45) is 0. The van der Waals surface area contributed by atoms with Crippen LogP contribution in [0.3, 0.4) is 0 Å². The van der Waals surface area contributed by atoms with Crippen LogP contribution in [0.25, 0.3) is 0 Å². The Morgan fingerprint density at radius 1 is 0.406 bits per heavy atom. The molecule has 0 aliphatic heterocycles. The van der Waals surface area contributed by atoms with E-state index in [-0.39, 0.29) is 5.41 Å². The molecule has 164 valence electrons. The molecule has 4 aromatic rings. The lowest BCUT2D eigenvalue weighted by atomic mass is 9.78. The van der Waals surface area contributed by atoms with Gasteiger partial charge in [0.05, 0.1) is 0 Å². The molecule has 0 radical (unpaired) electrons. The molecule has 0 amide bonds. The first kappa shape index (κ1) is 23.9. The average Bonchev–Trinajstić information content (AvgIpc) is 2.78. The minimum absolute atomic E-state index is 0.0708. The van der Waals surface area contributed by atoms with Gasteiger partial charge in [-0.1, -0.05) is 121 Å². The van der Waals surface area contributed by atoms with Crippen molar-refractivity contribution in [3.8, 4) is 0 Å². The second kappa shape index (κ2) is 10.7. The summed E-state index contributed by atoms with van der Waals surface area (Å²) < 4.78 is 0. The van der Waals surface area contributed by atoms with E-state index in [4.69, 9.17) is 0 Å². The first-order valence-corrected chi connectivity index (χ1v) is 12.0. The first-order chi connectivity index (χ1) is 15.2. The third kappa shape index (κ3) is 6.61. The number of benzene rings is 4. The van der Waals surface area contributed by atoms with E-state index in [0.29, 0.717) is 0 Å². The van der Waals surface area contributed by atoms with E-state index < -0.39 is 0 Å². The molecule has 0 aliphatic carbocycles. The zero-order chi connectivity index (χ0) is 23.1. The molecule has 0 unspecified atom stereocenters. The molecule has 0 fully saturated rings. The van der Waals surface area contributed by atoms with E-state index in [0.717, 1.165) is 0 Å². The van der Waals surface area contributed by atoms with Crippen molar-refractivity contribution >= 4 is 11.8 Å². The molecule has 0 saturated heterocycles. The van der Waals surface area contributed by atoms with Crippen LogP contribution in [0, 0.1) is 27.7 Å². The Kier molecular flexibility index (Phi) is 7.99. The molecule has 0 bridgehead atoms. The van der Waals surface area contributed by atoms with Gasteiger partial charge in [-0.25, -0.2) is 0 Å². The van der Waals surface area contributed by atoms with Gasteiger partial charge in [-0.3, -0.25) is 0 Å². The standard InChI is InChI=1S/C17H20.C14H14S/c1-13-5-9-15(10-6-13)17(3,4)16-11-7-14(2)8-12-16;1-11-3-7-13(8-4-11)15-14-9-5-12(2)6-10-14/h5-12H,1-4H3;3-10H,1-2H3. The fourth-order valence-electron chi connectivity index (χ4n) is 3.46. The molecule has 0 aliphatic rings. The van der Waals surface area contributed by atoms with Crippen molar-refractivity contribution in [3.63, 3.8) is 0 Å². The largest absolute Gasteiger partial charge is 0.0901 e. The Morgan fingerprint density at radius 2 is 0.656 bits per heavy atom. The summed E-state index contributed by atoms with van der Waals surface area (Å²) in [5.41, 5.74) is 8.05. The summed E-state index contributed by atoms with van der Waals surface area (Å²) >= 11 is 1.80. The lowest BCUT2D eigenvalue weighted by Crippen LogP contribution is -2.18. The second-order valence-electron chi connectivity index (χ2n) is 9.09. The molecule has 1 heteroatoms. The summed E-state index contributed by atoms with van der Waals surface area (Å²) in [4.78, 5) is 2.59. The molecule has 0 N–H and O–H groups in total. The van der Waals surface area contributed by atoms with Gasteiger partial charge in [0, 0.05) is 15.2 Å². The predicted molar refractivity (Wildman–Crippen MR) is 141 cm³/mol. The van der Waals surface area contributed by atoms with Gasteiger partial charge in [0.15, 0.2) is 0 Å². The Bertz CT molecular complexity index is 1010. The van der Waals surface area contributed by atoms with E-state index in [9.17, 15) is 0 Å². The van der Waals surface area contributed by atoms with Crippen LogP contribution in [0.4, 0.5) is 0 Å². The smallest absolute Gasteiger partial charge is 0.0146 e. The maximum Gasteiger partial charge on any atom is 0.0146 e. The highest BCUT2D eigenvalue weighted by Crippen LogP contribution is 2.31. The zero-order valence-electron chi connectivity index (χ0n) is 20.1. The van der Waals surface area contributed by atoms with Gasteiger partial charge in [0.1, 0.15) is 0 Å². The second-order valence-corrected chi connectivity index (χ2v) is 10.2. The fraction of sp³-hybridized carbons (Fsp3) is 0.226. The van der Waals surface area contributed by atoms with Crippen LogP contribution in [0.5, 0.6) is 0 Å². The summed E-state index contributed by atoms with van der Waals surface area (Å²) in [6, 6.07) is 34.9. The maximum absolute atomic E-state index is 2.28. The van der Waals surface area contributed by atoms with E-state index in [1.165, 1.54) is 43.2 Å². The maximum atomic E-state index is 2.28. The fourth-order valence-corrected chi connectivity index (χ4v) is 4.27. The van der Waals surface area contributed by atoms with Gasteiger partial charge in [0.2, 0.25) is 0 Å². The van der Waals surface area contributed by atoms with Crippen molar-refractivity contribution < 1.29 is 0 Å². The third-order valence-corrected chi connectivity index (χ3v) is 6.84. The Labute approximate surface area is 198 Å². The summed E-state index contributed by atoms with van der Waals surface area (Å²) in [7, 11) is 0. The summed E-state index contributed by atoms with van der Waals surface area (Å²) in [5, 5.41) is 0. The van der Waals surface area contributed by atoms with Gasteiger partial charge < -0.3 is 0 Å². The zero-order valence-corrected chi connectivity index (χ0v) is 21.0. The number of rotatable bonds is 4. The van der Waals surface area contributed by atoms with Gasteiger partial charge in [0.25, 0.3) is 0 Å². The van der Waals surface area contributed by atoms with Crippen LogP contribution in [0.1, 0.15) is 47.2 Å². The Morgan fingerprint density at radius 3 is 0.938 bits per heavy atom. The molecule has 0 saturated carbocycles. The molecule has 0 heterocycles. The van der Waals surface area contributed by atoms with Crippen molar-refractivity contribution in [3.05, 3.63) is 130 Å². The minimum atomic E-state index is 0.0708. The molecule has 0 nitrogen and oxygen atoms in total. The Balaban J connectivity index is 0.000000182. The van der Waals surface area contributed by atoms with E-state index in [2.05, 4.69) is 139 Å². The minimum Gasteiger partial charge on any atom is -0.0901 e. The highest BCUT2D eigenvalue weighted by Gasteiger charge is 2.22. The number of hydrogen-bond donors (Lipinski definition) is 0. The van der Waals surface area contributed by atoms with Gasteiger partial charge >= 0.3 is 0 Å². The van der Waals surface area contributed by atoms with Gasteiger partial charge in [-0.15, -0.1) is 0 Å². The summed E-state index contributed by atoms with van der Waals surface area (Å²) in [5.74, 6) is 0. The van der Waals surface area contributed by atoms with Gasteiger partial charge in [-0.05, 0) is 63.1 Å². The lowest BCUT2D eigenvalue weighted by Gasteiger charge is -2.26. The van der Waals surface area contributed by atoms with Crippen LogP contribution < -0.4 is 0 Å². The molecule has 0 spiro atoms. The monoisotopic (exact) mass is 438 g/mol. The molecule has 0 aromatic heterocycles. The van der Waals surface area contributed by atoms with E-state index in [1.54, 1.807) is 11.8 Å². The van der Waals surface area contributed by atoms with Crippen molar-refractivity contribution in [1.82, 2.24) is 0 Å². The molecule has 0 atom stereocenters. The molecule has 32 heavy (non-hydrogen) atoms. The van der Waals surface area contributed by atoms with Crippen molar-refractivity contribution in [2.24, 2.45) is 0 Å². The van der Waals surface area contributed by atoms with Crippen LogP contribution in [-0.4, -0.2) is 0 Å². The van der Waals surface area contributed by atoms with Crippen LogP contribution in [0.2, 0.25) is 0 Å².